The third kappa shape index (κ3) is 5.04. The number of carbonyl (C=O) groups excluding carboxylic acids is 1. The van der Waals surface area contributed by atoms with Crippen LogP contribution in [-0.4, -0.2) is 93.7 Å². The molecule has 2 aromatic rings. The number of carbonyl (C=O) groups is 1. The molecule has 182 valence electrons. The number of hydrogen-bond acceptors (Lipinski definition) is 8. The highest BCUT2D eigenvalue weighted by Gasteiger charge is 2.31. The molecule has 3 saturated heterocycles. The first-order valence-electron chi connectivity index (χ1n) is 12.3. The van der Waals surface area contributed by atoms with Gasteiger partial charge in [-0.2, -0.15) is 0 Å². The minimum Gasteiger partial charge on any atom is -0.497 e. The third-order valence-electron chi connectivity index (χ3n) is 7.17. The first kappa shape index (κ1) is 22.7. The number of methoxy groups -OCH3 is 1. The number of hydrogen-bond donors (Lipinski definition) is 0. The van der Waals surface area contributed by atoms with Gasteiger partial charge >= 0.3 is 0 Å². The maximum atomic E-state index is 13.2. The molecule has 0 spiro atoms. The molecule has 1 amide bonds. The number of piperidine rings is 1. The standard InChI is InChI=1S/C25H34N6O3/c1-33-22-4-2-21(3-5-22)28-12-14-31(15-13-28)25(32)20-8-10-29(11-9-20)23-6-7-24(27-26-23)30-16-18-34-19-17-30/h2-7,20H,8-19H2,1H3. The highest BCUT2D eigenvalue weighted by Crippen LogP contribution is 2.26. The zero-order valence-electron chi connectivity index (χ0n) is 19.9. The summed E-state index contributed by atoms with van der Waals surface area (Å²) in [6, 6.07) is 12.2. The minimum absolute atomic E-state index is 0.101. The summed E-state index contributed by atoms with van der Waals surface area (Å²) in [7, 11) is 1.68. The number of benzene rings is 1. The van der Waals surface area contributed by atoms with E-state index in [0.717, 1.165) is 95.8 Å². The fraction of sp³-hybridized carbons (Fsp3) is 0.560. The van der Waals surface area contributed by atoms with Crippen molar-refractivity contribution in [2.24, 2.45) is 5.92 Å². The number of nitrogens with zero attached hydrogens (tertiary/aromatic N) is 6. The zero-order chi connectivity index (χ0) is 23.3. The van der Waals surface area contributed by atoms with Gasteiger partial charge < -0.3 is 29.1 Å². The molecule has 1 aromatic heterocycles. The number of piperazine rings is 1. The maximum Gasteiger partial charge on any atom is 0.225 e. The lowest BCUT2D eigenvalue weighted by atomic mass is 9.95. The zero-order valence-corrected chi connectivity index (χ0v) is 19.9. The summed E-state index contributed by atoms with van der Waals surface area (Å²) in [5.74, 6) is 3.08. The van der Waals surface area contributed by atoms with Crippen molar-refractivity contribution in [2.45, 2.75) is 12.8 Å². The Kier molecular flexibility index (Phi) is 6.99. The molecule has 0 atom stereocenters. The highest BCUT2D eigenvalue weighted by atomic mass is 16.5. The van der Waals surface area contributed by atoms with Crippen LogP contribution in [-0.2, 0) is 9.53 Å². The van der Waals surface area contributed by atoms with Crippen molar-refractivity contribution in [3.05, 3.63) is 36.4 Å². The summed E-state index contributed by atoms with van der Waals surface area (Å²) < 4.78 is 10.7. The summed E-state index contributed by atoms with van der Waals surface area (Å²) in [4.78, 5) is 22.0. The topological polar surface area (TPSA) is 74.3 Å². The number of anilines is 3. The largest absolute Gasteiger partial charge is 0.497 e. The van der Waals surface area contributed by atoms with Crippen LogP contribution in [0.4, 0.5) is 17.3 Å². The van der Waals surface area contributed by atoms with E-state index < -0.39 is 0 Å². The molecular formula is C25H34N6O3. The number of rotatable bonds is 5. The minimum atomic E-state index is 0.101. The number of morpholine rings is 1. The Labute approximate surface area is 201 Å². The smallest absolute Gasteiger partial charge is 0.225 e. The molecule has 0 unspecified atom stereocenters. The first-order valence-corrected chi connectivity index (χ1v) is 12.3. The van der Waals surface area contributed by atoms with Gasteiger partial charge in [-0.05, 0) is 49.2 Å². The Hall–Kier alpha value is -3.07. The molecule has 3 aliphatic rings. The molecule has 0 radical (unpaired) electrons. The molecule has 3 fully saturated rings. The Morgan fingerprint density at radius 3 is 1.94 bits per heavy atom. The average Bonchev–Trinajstić information content (AvgIpc) is 2.93. The second-order valence-electron chi connectivity index (χ2n) is 9.12. The van der Waals surface area contributed by atoms with Gasteiger partial charge in [-0.1, -0.05) is 0 Å². The maximum absolute atomic E-state index is 13.2. The molecule has 0 saturated carbocycles. The van der Waals surface area contributed by atoms with Gasteiger partial charge in [0.2, 0.25) is 5.91 Å². The van der Waals surface area contributed by atoms with Gasteiger partial charge in [0.15, 0.2) is 11.6 Å². The Morgan fingerprint density at radius 2 is 1.38 bits per heavy atom. The van der Waals surface area contributed by atoms with Gasteiger partial charge in [-0.25, -0.2) is 0 Å². The fourth-order valence-electron chi connectivity index (χ4n) is 5.04. The monoisotopic (exact) mass is 466 g/mol. The molecule has 9 nitrogen and oxygen atoms in total. The summed E-state index contributed by atoms with van der Waals surface area (Å²) in [6.07, 6.45) is 1.73. The van der Waals surface area contributed by atoms with Crippen molar-refractivity contribution in [2.75, 3.05) is 87.4 Å². The molecule has 34 heavy (non-hydrogen) atoms. The Balaban J connectivity index is 1.09. The Morgan fingerprint density at radius 1 is 0.794 bits per heavy atom. The second kappa shape index (κ2) is 10.5. The van der Waals surface area contributed by atoms with Gasteiger partial charge in [0, 0.05) is 64.0 Å². The highest BCUT2D eigenvalue weighted by molar-refractivity contribution is 5.79. The van der Waals surface area contributed by atoms with E-state index in [9.17, 15) is 4.79 Å². The first-order chi connectivity index (χ1) is 16.7. The van der Waals surface area contributed by atoms with Crippen LogP contribution in [0.15, 0.2) is 36.4 Å². The van der Waals surface area contributed by atoms with Crippen LogP contribution in [0.3, 0.4) is 0 Å². The van der Waals surface area contributed by atoms with Crippen molar-refractivity contribution in [3.63, 3.8) is 0 Å². The van der Waals surface area contributed by atoms with Crippen LogP contribution < -0.4 is 19.4 Å². The summed E-state index contributed by atoms with van der Waals surface area (Å²) in [5.41, 5.74) is 1.18. The van der Waals surface area contributed by atoms with E-state index in [1.165, 1.54) is 5.69 Å². The quantitative estimate of drug-likeness (QED) is 0.662. The van der Waals surface area contributed by atoms with Gasteiger partial charge in [0.25, 0.3) is 0 Å². The van der Waals surface area contributed by atoms with Crippen molar-refractivity contribution >= 4 is 23.2 Å². The van der Waals surface area contributed by atoms with Crippen molar-refractivity contribution in [3.8, 4) is 5.75 Å². The van der Waals surface area contributed by atoms with E-state index in [2.05, 4.69) is 48.0 Å². The van der Waals surface area contributed by atoms with E-state index in [1.54, 1.807) is 7.11 Å². The van der Waals surface area contributed by atoms with Gasteiger partial charge in [-0.15, -0.1) is 10.2 Å². The molecular weight excluding hydrogens is 432 g/mol. The van der Waals surface area contributed by atoms with Crippen molar-refractivity contribution in [1.29, 1.82) is 0 Å². The summed E-state index contributed by atoms with van der Waals surface area (Å²) in [6.45, 7) is 8.15. The molecule has 1 aromatic carbocycles. The van der Waals surface area contributed by atoms with E-state index in [0.29, 0.717) is 5.91 Å². The molecule has 4 heterocycles. The number of ether oxygens (including phenoxy) is 2. The van der Waals surface area contributed by atoms with Crippen LogP contribution >= 0.6 is 0 Å². The SMILES string of the molecule is COc1ccc(N2CCN(C(=O)C3CCN(c4ccc(N5CCOCC5)nn4)CC3)CC2)cc1. The molecule has 0 N–H and O–H groups in total. The van der Waals surface area contributed by atoms with E-state index >= 15 is 0 Å². The fourth-order valence-corrected chi connectivity index (χ4v) is 5.04. The van der Waals surface area contributed by atoms with Crippen LogP contribution in [0.2, 0.25) is 0 Å². The summed E-state index contributed by atoms with van der Waals surface area (Å²) in [5, 5.41) is 8.91. The molecule has 9 heteroatoms. The van der Waals surface area contributed by atoms with E-state index in [-0.39, 0.29) is 5.92 Å². The van der Waals surface area contributed by atoms with Crippen LogP contribution in [0, 0.1) is 5.92 Å². The van der Waals surface area contributed by atoms with E-state index in [1.807, 2.05) is 18.2 Å². The molecule has 5 rings (SSSR count). The van der Waals surface area contributed by atoms with Crippen molar-refractivity contribution in [1.82, 2.24) is 15.1 Å². The predicted octanol–water partition coefficient (Wildman–Crippen LogP) is 1.89. The lowest BCUT2D eigenvalue weighted by molar-refractivity contribution is -0.136. The predicted molar refractivity (Wildman–Crippen MR) is 132 cm³/mol. The lowest BCUT2D eigenvalue weighted by Gasteiger charge is -2.39. The van der Waals surface area contributed by atoms with Gasteiger partial charge in [0.1, 0.15) is 5.75 Å². The van der Waals surface area contributed by atoms with Crippen molar-refractivity contribution < 1.29 is 14.3 Å². The second-order valence-corrected chi connectivity index (χ2v) is 9.12. The van der Waals surface area contributed by atoms with Crippen LogP contribution in [0.25, 0.3) is 0 Å². The third-order valence-corrected chi connectivity index (χ3v) is 7.17. The molecule has 0 aliphatic carbocycles. The van der Waals surface area contributed by atoms with Crippen LogP contribution in [0.5, 0.6) is 5.75 Å². The Bertz CT molecular complexity index is 932. The normalized spacial score (nSPS) is 19.9. The summed E-state index contributed by atoms with van der Waals surface area (Å²) >= 11 is 0. The van der Waals surface area contributed by atoms with Gasteiger partial charge in [-0.3, -0.25) is 4.79 Å². The van der Waals surface area contributed by atoms with Gasteiger partial charge in [0.05, 0.1) is 20.3 Å². The van der Waals surface area contributed by atoms with E-state index in [4.69, 9.17) is 9.47 Å². The number of aromatic nitrogens is 2. The lowest BCUT2D eigenvalue weighted by Crippen LogP contribution is -2.51. The van der Waals surface area contributed by atoms with Crippen LogP contribution in [0.1, 0.15) is 12.8 Å². The average molecular weight is 467 g/mol. The molecule has 3 aliphatic heterocycles. The number of amides is 1. The molecule has 0 bridgehead atoms.